The lowest BCUT2D eigenvalue weighted by molar-refractivity contribution is 0.373. The third-order valence-corrected chi connectivity index (χ3v) is 4.10. The number of halogens is 1. The Morgan fingerprint density at radius 1 is 1.21 bits per heavy atom. The minimum atomic E-state index is 0.109. The van der Waals surface area contributed by atoms with Gasteiger partial charge >= 0.3 is 0 Å². The lowest BCUT2D eigenvalue weighted by Crippen LogP contribution is -1.84. The molecule has 0 bridgehead atoms. The van der Waals surface area contributed by atoms with Crippen molar-refractivity contribution in [2.24, 2.45) is 0 Å². The average molecular weight is 292 g/mol. The highest BCUT2D eigenvalue weighted by Gasteiger charge is 2.09. The number of hydrogen-bond acceptors (Lipinski definition) is 4. The van der Waals surface area contributed by atoms with Gasteiger partial charge in [0.1, 0.15) is 5.01 Å². The third kappa shape index (κ3) is 2.25. The van der Waals surface area contributed by atoms with Crippen molar-refractivity contribution < 1.29 is 9.84 Å². The van der Waals surface area contributed by atoms with Crippen LogP contribution in [0.2, 0.25) is 5.02 Å². The van der Waals surface area contributed by atoms with Crippen LogP contribution < -0.4 is 4.74 Å². The number of aromatic hydroxyl groups is 1. The standard InChI is InChI=1S/C14H10ClNO2S/c1-18-12-4-2-8(6-11(12)17)14-16-10-7-9(15)3-5-13(10)19-14/h2-7,17H,1H3. The number of rotatable bonds is 2. The molecule has 0 aliphatic rings. The zero-order valence-electron chi connectivity index (χ0n) is 10.1. The van der Waals surface area contributed by atoms with E-state index in [1.807, 2.05) is 24.3 Å². The van der Waals surface area contributed by atoms with Crippen LogP contribution in [0.15, 0.2) is 36.4 Å². The Hall–Kier alpha value is -1.78. The molecule has 3 nitrogen and oxygen atoms in total. The molecule has 0 atom stereocenters. The van der Waals surface area contributed by atoms with E-state index in [9.17, 15) is 5.11 Å². The lowest BCUT2D eigenvalue weighted by Gasteiger charge is -2.03. The van der Waals surface area contributed by atoms with Gasteiger partial charge in [0.15, 0.2) is 11.5 Å². The van der Waals surface area contributed by atoms with Crippen LogP contribution in [0.25, 0.3) is 20.8 Å². The van der Waals surface area contributed by atoms with E-state index >= 15 is 0 Å². The number of thiazole rings is 1. The molecule has 0 spiro atoms. The first-order valence-electron chi connectivity index (χ1n) is 5.61. The summed E-state index contributed by atoms with van der Waals surface area (Å²) in [5.74, 6) is 0.560. The molecule has 1 aromatic heterocycles. The number of aromatic nitrogens is 1. The van der Waals surface area contributed by atoms with Gasteiger partial charge in [-0.25, -0.2) is 4.98 Å². The predicted octanol–water partition coefficient (Wildman–Crippen LogP) is 4.33. The summed E-state index contributed by atoms with van der Waals surface area (Å²) >= 11 is 7.51. The summed E-state index contributed by atoms with van der Waals surface area (Å²) < 4.78 is 6.09. The first kappa shape index (κ1) is 12.3. The van der Waals surface area contributed by atoms with Crippen LogP contribution in [0.4, 0.5) is 0 Å². The van der Waals surface area contributed by atoms with Crippen molar-refractivity contribution in [1.82, 2.24) is 4.98 Å². The molecule has 0 fully saturated rings. The van der Waals surface area contributed by atoms with Gasteiger partial charge in [-0.15, -0.1) is 11.3 Å². The molecule has 3 rings (SSSR count). The van der Waals surface area contributed by atoms with Gasteiger partial charge in [-0.05, 0) is 36.4 Å². The van der Waals surface area contributed by atoms with Crippen molar-refractivity contribution >= 4 is 33.2 Å². The maximum absolute atomic E-state index is 9.80. The second kappa shape index (κ2) is 4.72. The summed E-state index contributed by atoms with van der Waals surface area (Å²) in [7, 11) is 1.52. The Morgan fingerprint density at radius 3 is 2.79 bits per heavy atom. The maximum Gasteiger partial charge on any atom is 0.160 e. The van der Waals surface area contributed by atoms with Crippen molar-refractivity contribution in [2.75, 3.05) is 7.11 Å². The fourth-order valence-corrected chi connectivity index (χ4v) is 2.96. The molecule has 3 aromatic rings. The number of ether oxygens (including phenoxy) is 1. The minimum absolute atomic E-state index is 0.109. The topological polar surface area (TPSA) is 42.4 Å². The van der Waals surface area contributed by atoms with Crippen LogP contribution in [0.3, 0.4) is 0 Å². The number of phenolic OH excluding ortho intramolecular Hbond substituents is 1. The molecule has 0 saturated carbocycles. The molecular formula is C14H10ClNO2S. The molecule has 2 aromatic carbocycles. The minimum Gasteiger partial charge on any atom is -0.504 e. The number of benzene rings is 2. The van der Waals surface area contributed by atoms with Gasteiger partial charge in [-0.1, -0.05) is 11.6 Å². The molecular weight excluding hydrogens is 282 g/mol. The van der Waals surface area contributed by atoms with E-state index in [0.29, 0.717) is 10.8 Å². The van der Waals surface area contributed by atoms with Gasteiger partial charge in [-0.2, -0.15) is 0 Å². The van der Waals surface area contributed by atoms with E-state index in [2.05, 4.69) is 4.98 Å². The summed E-state index contributed by atoms with van der Waals surface area (Å²) in [5, 5.41) is 11.3. The van der Waals surface area contributed by atoms with Gasteiger partial charge in [0.25, 0.3) is 0 Å². The monoisotopic (exact) mass is 291 g/mol. The fraction of sp³-hybridized carbons (Fsp3) is 0.0714. The maximum atomic E-state index is 9.80. The molecule has 0 saturated heterocycles. The van der Waals surface area contributed by atoms with Gasteiger partial charge in [0, 0.05) is 10.6 Å². The molecule has 1 N–H and O–H groups in total. The summed E-state index contributed by atoms with van der Waals surface area (Å²) in [4.78, 5) is 4.52. The van der Waals surface area contributed by atoms with Crippen molar-refractivity contribution in [3.63, 3.8) is 0 Å². The zero-order chi connectivity index (χ0) is 13.4. The van der Waals surface area contributed by atoms with E-state index in [1.54, 1.807) is 23.5 Å². The van der Waals surface area contributed by atoms with Gasteiger partial charge in [0.05, 0.1) is 17.3 Å². The zero-order valence-corrected chi connectivity index (χ0v) is 11.6. The van der Waals surface area contributed by atoms with Crippen LogP contribution in [-0.2, 0) is 0 Å². The van der Waals surface area contributed by atoms with Gasteiger partial charge < -0.3 is 9.84 Å². The van der Waals surface area contributed by atoms with Crippen LogP contribution in [-0.4, -0.2) is 17.2 Å². The van der Waals surface area contributed by atoms with Crippen molar-refractivity contribution in [3.05, 3.63) is 41.4 Å². The molecule has 19 heavy (non-hydrogen) atoms. The van der Waals surface area contributed by atoms with Crippen molar-refractivity contribution in [1.29, 1.82) is 0 Å². The number of phenols is 1. The van der Waals surface area contributed by atoms with E-state index in [1.165, 1.54) is 7.11 Å². The highest BCUT2D eigenvalue weighted by Crippen LogP contribution is 2.35. The smallest absolute Gasteiger partial charge is 0.160 e. The number of hydrogen-bond donors (Lipinski definition) is 1. The Balaban J connectivity index is 2.11. The third-order valence-electron chi connectivity index (χ3n) is 2.78. The largest absolute Gasteiger partial charge is 0.504 e. The average Bonchev–Trinajstić information content (AvgIpc) is 2.81. The van der Waals surface area contributed by atoms with E-state index in [0.717, 1.165) is 20.8 Å². The van der Waals surface area contributed by atoms with Crippen LogP contribution in [0, 0.1) is 0 Å². The van der Waals surface area contributed by atoms with E-state index < -0.39 is 0 Å². The van der Waals surface area contributed by atoms with Crippen LogP contribution in [0.1, 0.15) is 0 Å². The molecule has 0 unspecified atom stereocenters. The molecule has 0 aliphatic carbocycles. The van der Waals surface area contributed by atoms with Crippen molar-refractivity contribution in [3.8, 4) is 22.1 Å². The second-order valence-corrected chi connectivity index (χ2v) is 5.48. The van der Waals surface area contributed by atoms with E-state index in [-0.39, 0.29) is 5.75 Å². The number of fused-ring (bicyclic) bond motifs is 1. The molecule has 0 aliphatic heterocycles. The molecule has 5 heteroatoms. The molecule has 0 amide bonds. The summed E-state index contributed by atoms with van der Waals surface area (Å²) in [6.07, 6.45) is 0. The molecule has 0 radical (unpaired) electrons. The predicted molar refractivity (Wildman–Crippen MR) is 78.3 cm³/mol. The highest BCUT2D eigenvalue weighted by atomic mass is 35.5. The van der Waals surface area contributed by atoms with E-state index in [4.69, 9.17) is 16.3 Å². The van der Waals surface area contributed by atoms with Crippen molar-refractivity contribution in [2.45, 2.75) is 0 Å². The van der Waals surface area contributed by atoms with Gasteiger partial charge in [-0.3, -0.25) is 0 Å². The molecule has 96 valence electrons. The Labute approximate surface area is 119 Å². The first-order chi connectivity index (χ1) is 9.17. The summed E-state index contributed by atoms with van der Waals surface area (Å²) in [5.41, 5.74) is 1.72. The van der Waals surface area contributed by atoms with Gasteiger partial charge in [0.2, 0.25) is 0 Å². The first-order valence-corrected chi connectivity index (χ1v) is 6.80. The second-order valence-electron chi connectivity index (χ2n) is 4.02. The molecule has 1 heterocycles. The highest BCUT2D eigenvalue weighted by molar-refractivity contribution is 7.21. The summed E-state index contributed by atoms with van der Waals surface area (Å²) in [6, 6.07) is 10.9. The Kier molecular flexibility index (Phi) is 3.05. The number of nitrogens with zero attached hydrogens (tertiary/aromatic N) is 1. The van der Waals surface area contributed by atoms with Crippen LogP contribution >= 0.6 is 22.9 Å². The quantitative estimate of drug-likeness (QED) is 0.764. The fourth-order valence-electron chi connectivity index (χ4n) is 1.85. The Morgan fingerprint density at radius 2 is 2.05 bits per heavy atom. The Bertz CT molecular complexity index is 754. The SMILES string of the molecule is COc1ccc(-c2nc3cc(Cl)ccc3s2)cc1O. The normalized spacial score (nSPS) is 10.8. The van der Waals surface area contributed by atoms with Crippen LogP contribution in [0.5, 0.6) is 11.5 Å². The summed E-state index contributed by atoms with van der Waals surface area (Å²) in [6.45, 7) is 0. The number of methoxy groups -OCH3 is 1. The lowest BCUT2D eigenvalue weighted by atomic mass is 10.2.